The van der Waals surface area contributed by atoms with Crippen molar-refractivity contribution in [3.8, 4) is 11.5 Å². The van der Waals surface area contributed by atoms with E-state index in [-0.39, 0.29) is 17.1 Å². The van der Waals surface area contributed by atoms with Crippen LogP contribution in [0.4, 0.5) is 0 Å². The number of aliphatic hydroxyl groups excluding tert-OH is 1. The van der Waals surface area contributed by atoms with Gasteiger partial charge in [0.05, 0.1) is 13.2 Å². The van der Waals surface area contributed by atoms with E-state index in [4.69, 9.17) is 8.92 Å². The number of benzene rings is 3. The normalized spacial score (nSPS) is 12.4. The summed E-state index contributed by atoms with van der Waals surface area (Å²) < 4.78 is 36.5. The Balaban J connectivity index is 1.73. The van der Waals surface area contributed by atoms with Gasteiger partial charge in [-0.2, -0.15) is 8.42 Å². The molecule has 3 aromatic rings. The molecule has 0 bridgehead atoms. The summed E-state index contributed by atoms with van der Waals surface area (Å²) in [6, 6.07) is 20.5. The fourth-order valence-corrected chi connectivity index (χ4v) is 4.11. The summed E-state index contributed by atoms with van der Waals surface area (Å²) >= 11 is 3.28. The van der Waals surface area contributed by atoms with Crippen LogP contribution in [-0.2, 0) is 23.0 Å². The van der Waals surface area contributed by atoms with Crippen molar-refractivity contribution in [3.05, 3.63) is 88.4 Å². The molecule has 0 aliphatic heterocycles. The van der Waals surface area contributed by atoms with E-state index < -0.39 is 16.2 Å². The fourth-order valence-electron chi connectivity index (χ4n) is 2.88. The smallest absolute Gasteiger partial charge is 0.339 e. The molecule has 29 heavy (non-hydrogen) atoms. The lowest BCUT2D eigenvalue weighted by molar-refractivity contribution is 0.174. The van der Waals surface area contributed by atoms with Crippen molar-refractivity contribution >= 4 is 26.0 Å². The molecular formula is C22H21BrO5S. The average molecular weight is 477 g/mol. The molecule has 1 unspecified atom stereocenters. The van der Waals surface area contributed by atoms with E-state index in [1.807, 2.05) is 24.3 Å². The first-order valence-electron chi connectivity index (χ1n) is 8.96. The molecule has 0 saturated carbocycles. The monoisotopic (exact) mass is 476 g/mol. The van der Waals surface area contributed by atoms with Crippen LogP contribution in [0.3, 0.4) is 0 Å². The van der Waals surface area contributed by atoms with E-state index in [9.17, 15) is 13.5 Å². The van der Waals surface area contributed by atoms with Crippen molar-refractivity contribution in [2.45, 2.75) is 23.8 Å². The van der Waals surface area contributed by atoms with Crippen LogP contribution in [-0.4, -0.2) is 26.7 Å². The topological polar surface area (TPSA) is 72.8 Å². The van der Waals surface area contributed by atoms with Gasteiger partial charge in [0.15, 0.2) is 0 Å². The molecule has 3 aromatic carbocycles. The number of rotatable bonds is 8. The van der Waals surface area contributed by atoms with Crippen molar-refractivity contribution in [1.82, 2.24) is 0 Å². The Morgan fingerprint density at radius 1 is 0.931 bits per heavy atom. The second kappa shape index (κ2) is 9.43. The summed E-state index contributed by atoms with van der Waals surface area (Å²) in [6.45, 7) is 0. The molecule has 1 atom stereocenters. The summed E-state index contributed by atoms with van der Waals surface area (Å²) in [5.74, 6) is 0.962. The van der Waals surface area contributed by atoms with E-state index in [1.54, 1.807) is 43.5 Å². The second-order valence-corrected chi connectivity index (χ2v) is 8.97. The molecular weight excluding hydrogens is 456 g/mol. The summed E-state index contributed by atoms with van der Waals surface area (Å²) in [5.41, 5.74) is 1.58. The van der Waals surface area contributed by atoms with Crippen LogP contribution in [0.1, 0.15) is 11.1 Å². The van der Waals surface area contributed by atoms with Gasteiger partial charge < -0.3 is 14.0 Å². The van der Waals surface area contributed by atoms with E-state index >= 15 is 0 Å². The van der Waals surface area contributed by atoms with Crippen LogP contribution < -0.4 is 8.92 Å². The van der Waals surface area contributed by atoms with Crippen LogP contribution in [0.25, 0.3) is 0 Å². The zero-order valence-corrected chi connectivity index (χ0v) is 18.2. The molecule has 0 spiro atoms. The Hall–Kier alpha value is -2.35. The molecule has 0 aromatic heterocycles. The van der Waals surface area contributed by atoms with Crippen molar-refractivity contribution in [2.24, 2.45) is 0 Å². The third-order valence-corrected chi connectivity index (χ3v) is 6.14. The lowest BCUT2D eigenvalue weighted by Crippen LogP contribution is -2.16. The predicted molar refractivity (Wildman–Crippen MR) is 115 cm³/mol. The minimum absolute atomic E-state index is 0.0642. The number of methoxy groups -OCH3 is 1. The second-order valence-electron chi connectivity index (χ2n) is 6.51. The summed E-state index contributed by atoms with van der Waals surface area (Å²) in [4.78, 5) is 0.0642. The Labute approximate surface area is 179 Å². The van der Waals surface area contributed by atoms with Gasteiger partial charge in [-0.05, 0) is 60.0 Å². The van der Waals surface area contributed by atoms with Gasteiger partial charge in [-0.15, -0.1) is 0 Å². The van der Waals surface area contributed by atoms with Gasteiger partial charge in [-0.25, -0.2) is 0 Å². The highest BCUT2D eigenvalue weighted by Crippen LogP contribution is 2.25. The molecule has 1 N–H and O–H groups in total. The highest BCUT2D eigenvalue weighted by Gasteiger charge is 2.19. The zero-order chi connectivity index (χ0) is 20.9. The molecule has 0 amide bonds. The lowest BCUT2D eigenvalue weighted by Gasteiger charge is -2.15. The molecule has 0 fully saturated rings. The summed E-state index contributed by atoms with van der Waals surface area (Å²) in [5, 5.41) is 10.5. The Morgan fingerprint density at radius 3 is 2.24 bits per heavy atom. The van der Waals surface area contributed by atoms with Crippen molar-refractivity contribution in [1.29, 1.82) is 0 Å². The van der Waals surface area contributed by atoms with Gasteiger partial charge in [-0.3, -0.25) is 0 Å². The maximum Gasteiger partial charge on any atom is 0.339 e. The van der Waals surface area contributed by atoms with Crippen molar-refractivity contribution in [3.63, 3.8) is 0 Å². The average Bonchev–Trinajstić information content (AvgIpc) is 2.70. The first kappa shape index (κ1) is 21.4. The molecule has 0 radical (unpaired) electrons. The van der Waals surface area contributed by atoms with Crippen LogP contribution in [0.2, 0.25) is 0 Å². The maximum atomic E-state index is 12.6. The highest BCUT2D eigenvalue weighted by molar-refractivity contribution is 9.10. The molecule has 0 aliphatic rings. The predicted octanol–water partition coefficient (Wildman–Crippen LogP) is 4.37. The van der Waals surface area contributed by atoms with Crippen LogP contribution in [0.15, 0.2) is 82.2 Å². The van der Waals surface area contributed by atoms with Gasteiger partial charge >= 0.3 is 10.1 Å². The van der Waals surface area contributed by atoms with Crippen molar-refractivity contribution in [2.75, 3.05) is 7.11 Å². The van der Waals surface area contributed by atoms with Gasteiger partial charge in [0.2, 0.25) is 0 Å². The SMILES string of the molecule is COc1ccc(CC(O)Cc2ccccc2OS(=O)(=O)c2ccc(Br)cc2)cc1. The van der Waals surface area contributed by atoms with E-state index in [0.29, 0.717) is 12.0 Å². The highest BCUT2D eigenvalue weighted by atomic mass is 79.9. The zero-order valence-electron chi connectivity index (χ0n) is 15.8. The van der Waals surface area contributed by atoms with E-state index in [1.165, 1.54) is 12.1 Å². The minimum Gasteiger partial charge on any atom is -0.497 e. The van der Waals surface area contributed by atoms with Gasteiger partial charge in [0.1, 0.15) is 16.4 Å². The van der Waals surface area contributed by atoms with Crippen molar-refractivity contribution < 1.29 is 22.4 Å². The standard InChI is InChI=1S/C22H21BrO5S/c1-27-20-10-6-16(7-11-20)14-19(24)15-17-4-2-3-5-22(17)28-29(25,26)21-12-8-18(23)9-13-21/h2-13,19,24H,14-15H2,1H3. The van der Waals surface area contributed by atoms with Gasteiger partial charge in [-0.1, -0.05) is 46.3 Å². The summed E-state index contributed by atoms with van der Waals surface area (Å²) in [6.07, 6.45) is -0.000848. The van der Waals surface area contributed by atoms with E-state index in [0.717, 1.165) is 15.8 Å². The first-order valence-corrected chi connectivity index (χ1v) is 11.2. The first-order chi connectivity index (χ1) is 13.9. The van der Waals surface area contributed by atoms with Crippen LogP contribution in [0.5, 0.6) is 11.5 Å². The van der Waals surface area contributed by atoms with E-state index in [2.05, 4.69) is 15.9 Å². The number of aliphatic hydroxyl groups is 1. The molecule has 7 heteroatoms. The summed E-state index contributed by atoms with van der Waals surface area (Å²) in [7, 11) is -2.37. The Bertz CT molecular complexity index is 1050. The largest absolute Gasteiger partial charge is 0.497 e. The fraction of sp³-hybridized carbons (Fsp3) is 0.182. The molecule has 152 valence electrons. The van der Waals surface area contributed by atoms with Gasteiger partial charge in [0.25, 0.3) is 0 Å². The Morgan fingerprint density at radius 2 is 1.59 bits per heavy atom. The number of hydrogen-bond acceptors (Lipinski definition) is 5. The number of halogens is 1. The third kappa shape index (κ3) is 5.82. The number of hydrogen-bond donors (Lipinski definition) is 1. The maximum absolute atomic E-state index is 12.6. The van der Waals surface area contributed by atoms with Crippen LogP contribution >= 0.6 is 15.9 Å². The molecule has 0 saturated heterocycles. The van der Waals surface area contributed by atoms with Crippen LogP contribution in [0, 0.1) is 0 Å². The molecule has 0 heterocycles. The molecule has 0 aliphatic carbocycles. The quantitative estimate of drug-likeness (QED) is 0.488. The van der Waals surface area contributed by atoms with Gasteiger partial charge in [0, 0.05) is 10.9 Å². The lowest BCUT2D eigenvalue weighted by atomic mass is 10.0. The Kier molecular flexibility index (Phi) is 6.95. The molecule has 3 rings (SSSR count). The third-order valence-electron chi connectivity index (χ3n) is 4.36. The number of ether oxygens (including phenoxy) is 1. The number of para-hydroxylation sites is 1. The minimum atomic E-state index is -3.97. The molecule has 5 nitrogen and oxygen atoms in total.